The molecule has 3 N–H and O–H groups in total. The topological polar surface area (TPSA) is 55.7 Å². The quantitative estimate of drug-likeness (QED) is 0.793. The van der Waals surface area contributed by atoms with E-state index in [1.165, 1.54) is 12.8 Å². The van der Waals surface area contributed by atoms with E-state index >= 15 is 0 Å². The van der Waals surface area contributed by atoms with E-state index in [2.05, 4.69) is 16.3 Å². The van der Waals surface area contributed by atoms with E-state index in [4.69, 9.17) is 0 Å². The van der Waals surface area contributed by atoms with E-state index in [9.17, 15) is 10.2 Å². The van der Waals surface area contributed by atoms with Crippen molar-refractivity contribution in [3.05, 3.63) is 29.8 Å². The van der Waals surface area contributed by atoms with Crippen LogP contribution in [0.5, 0.6) is 5.75 Å². The van der Waals surface area contributed by atoms with Gasteiger partial charge in [0.05, 0.1) is 5.60 Å². The number of fused-ring (bicyclic) bond motifs is 1. The maximum absolute atomic E-state index is 11.8. The minimum atomic E-state index is -0.693. The van der Waals surface area contributed by atoms with Crippen LogP contribution in [-0.2, 0) is 5.41 Å². The summed E-state index contributed by atoms with van der Waals surface area (Å²) in [5, 5.41) is 25.2. The summed E-state index contributed by atoms with van der Waals surface area (Å²) in [7, 11) is 2.02. The molecular weight excluding hydrogens is 300 g/mol. The average molecular weight is 330 g/mol. The molecule has 1 heterocycles. The van der Waals surface area contributed by atoms with Crippen LogP contribution in [0.4, 0.5) is 0 Å². The van der Waals surface area contributed by atoms with Crippen molar-refractivity contribution in [2.24, 2.45) is 5.92 Å². The highest BCUT2D eigenvalue weighted by atomic mass is 16.3. The Balaban J connectivity index is 1.68. The van der Waals surface area contributed by atoms with Crippen molar-refractivity contribution in [2.75, 3.05) is 26.7 Å². The Kier molecular flexibility index (Phi) is 4.10. The van der Waals surface area contributed by atoms with Gasteiger partial charge in [0.15, 0.2) is 0 Å². The largest absolute Gasteiger partial charge is 0.508 e. The van der Waals surface area contributed by atoms with E-state index in [1.807, 2.05) is 19.2 Å². The number of aliphatic hydroxyl groups is 1. The zero-order valence-electron chi connectivity index (χ0n) is 14.7. The SMILES string of the molecule is CN[C@H]1CCC2(O)CN(CC3CC3)CCC2(c2cccc(O)c2)C1. The lowest BCUT2D eigenvalue weighted by Crippen LogP contribution is -2.66. The first-order valence-electron chi connectivity index (χ1n) is 9.46. The van der Waals surface area contributed by atoms with Crippen molar-refractivity contribution in [3.63, 3.8) is 0 Å². The van der Waals surface area contributed by atoms with Crippen LogP contribution in [0, 0.1) is 5.92 Å². The second-order valence-corrected chi connectivity index (χ2v) is 8.32. The third-order valence-corrected chi connectivity index (χ3v) is 6.75. The minimum Gasteiger partial charge on any atom is -0.508 e. The van der Waals surface area contributed by atoms with Crippen molar-refractivity contribution in [1.29, 1.82) is 0 Å². The molecule has 4 rings (SSSR count). The Labute approximate surface area is 144 Å². The molecule has 132 valence electrons. The van der Waals surface area contributed by atoms with E-state index in [0.717, 1.165) is 56.8 Å². The number of hydrogen-bond donors (Lipinski definition) is 3. The minimum absolute atomic E-state index is 0.252. The standard InChI is InChI=1S/C20H30N2O2/c1-21-17-7-8-20(24)14-22(13-15-5-6-15)10-9-19(20,12-17)16-3-2-4-18(23)11-16/h2-4,11,15,17,21,23-24H,5-10,12-14H2,1H3/t17-,19?,20?/m0/s1. The molecule has 1 aromatic rings. The van der Waals surface area contributed by atoms with Gasteiger partial charge >= 0.3 is 0 Å². The number of phenols is 1. The maximum Gasteiger partial charge on any atom is 0.115 e. The maximum atomic E-state index is 11.8. The van der Waals surface area contributed by atoms with Crippen molar-refractivity contribution in [3.8, 4) is 5.75 Å². The first-order valence-corrected chi connectivity index (χ1v) is 9.46. The van der Waals surface area contributed by atoms with Gasteiger partial charge in [0, 0.05) is 24.5 Å². The molecule has 3 fully saturated rings. The monoisotopic (exact) mass is 330 g/mol. The fraction of sp³-hybridized carbons (Fsp3) is 0.700. The highest BCUT2D eigenvalue weighted by molar-refractivity contribution is 5.38. The summed E-state index contributed by atoms with van der Waals surface area (Å²) >= 11 is 0. The molecule has 1 saturated heterocycles. The number of rotatable bonds is 4. The van der Waals surface area contributed by atoms with Gasteiger partial charge in [0.1, 0.15) is 5.75 Å². The van der Waals surface area contributed by atoms with E-state index in [-0.39, 0.29) is 5.41 Å². The average Bonchev–Trinajstić information content (AvgIpc) is 3.38. The molecule has 2 unspecified atom stereocenters. The Morgan fingerprint density at radius 2 is 2.08 bits per heavy atom. The third kappa shape index (κ3) is 2.75. The lowest BCUT2D eigenvalue weighted by Gasteiger charge is -2.58. The summed E-state index contributed by atoms with van der Waals surface area (Å²) in [5.41, 5.74) is 0.162. The molecular formula is C20H30N2O2. The van der Waals surface area contributed by atoms with Crippen LogP contribution in [0.3, 0.4) is 0 Å². The first kappa shape index (κ1) is 16.4. The van der Waals surface area contributed by atoms with E-state index < -0.39 is 5.60 Å². The van der Waals surface area contributed by atoms with Gasteiger partial charge in [-0.2, -0.15) is 0 Å². The summed E-state index contributed by atoms with van der Waals surface area (Å²) in [5.74, 6) is 1.16. The second kappa shape index (κ2) is 6.01. The number of benzene rings is 1. The molecule has 0 radical (unpaired) electrons. The summed E-state index contributed by atoms with van der Waals surface area (Å²) in [6.45, 7) is 2.97. The summed E-state index contributed by atoms with van der Waals surface area (Å²) in [4.78, 5) is 2.48. The molecule has 3 aliphatic rings. The molecule has 24 heavy (non-hydrogen) atoms. The van der Waals surface area contributed by atoms with Crippen molar-refractivity contribution >= 4 is 0 Å². The van der Waals surface area contributed by atoms with Crippen molar-refractivity contribution < 1.29 is 10.2 Å². The van der Waals surface area contributed by atoms with E-state index in [0.29, 0.717) is 11.8 Å². The van der Waals surface area contributed by atoms with Gasteiger partial charge in [0.25, 0.3) is 0 Å². The van der Waals surface area contributed by atoms with Crippen LogP contribution in [0.25, 0.3) is 0 Å². The van der Waals surface area contributed by atoms with Gasteiger partial charge < -0.3 is 20.4 Å². The molecule has 3 atom stereocenters. The number of likely N-dealkylation sites (tertiary alicyclic amines) is 1. The molecule has 4 heteroatoms. The summed E-state index contributed by atoms with van der Waals surface area (Å²) in [6.07, 6.45) is 6.47. The summed E-state index contributed by atoms with van der Waals surface area (Å²) < 4.78 is 0. The number of nitrogens with one attached hydrogen (secondary N) is 1. The lowest BCUT2D eigenvalue weighted by molar-refractivity contribution is -0.126. The van der Waals surface area contributed by atoms with Crippen LogP contribution in [0.15, 0.2) is 24.3 Å². The predicted octanol–water partition coefficient (Wildman–Crippen LogP) is 2.25. The van der Waals surface area contributed by atoms with Gasteiger partial charge in [-0.25, -0.2) is 0 Å². The summed E-state index contributed by atoms with van der Waals surface area (Å²) in [6, 6.07) is 8.04. The zero-order valence-corrected chi connectivity index (χ0v) is 14.7. The lowest BCUT2D eigenvalue weighted by atomic mass is 9.55. The molecule has 1 aliphatic heterocycles. The van der Waals surface area contributed by atoms with Gasteiger partial charge in [-0.3, -0.25) is 0 Å². The molecule has 1 aromatic carbocycles. The molecule has 0 aromatic heterocycles. The number of β-amino-alcohol motifs (C(OH)–C–C–N with tert-alkyl or cyclic N) is 1. The highest BCUT2D eigenvalue weighted by Gasteiger charge is 2.57. The second-order valence-electron chi connectivity index (χ2n) is 8.32. The van der Waals surface area contributed by atoms with Crippen LogP contribution in [0.2, 0.25) is 0 Å². The molecule has 0 amide bonds. The fourth-order valence-electron chi connectivity index (χ4n) is 5.13. The van der Waals surface area contributed by atoms with Gasteiger partial charge in [0.2, 0.25) is 0 Å². The van der Waals surface area contributed by atoms with Crippen molar-refractivity contribution in [2.45, 2.75) is 55.6 Å². The van der Waals surface area contributed by atoms with Crippen LogP contribution >= 0.6 is 0 Å². The normalized spacial score (nSPS) is 37.2. The van der Waals surface area contributed by atoms with Crippen LogP contribution in [-0.4, -0.2) is 53.4 Å². The number of aromatic hydroxyl groups is 1. The van der Waals surface area contributed by atoms with E-state index in [1.54, 1.807) is 6.07 Å². The molecule has 2 aliphatic carbocycles. The van der Waals surface area contributed by atoms with Crippen molar-refractivity contribution in [1.82, 2.24) is 10.2 Å². The number of phenolic OH excluding ortho intramolecular Hbond substituents is 1. The smallest absolute Gasteiger partial charge is 0.115 e. The Morgan fingerprint density at radius 1 is 1.25 bits per heavy atom. The van der Waals surface area contributed by atoms with Gasteiger partial charge in [-0.1, -0.05) is 12.1 Å². The molecule has 0 spiro atoms. The molecule has 2 saturated carbocycles. The Hall–Kier alpha value is -1.10. The highest BCUT2D eigenvalue weighted by Crippen LogP contribution is 2.52. The van der Waals surface area contributed by atoms with Crippen LogP contribution < -0.4 is 5.32 Å². The van der Waals surface area contributed by atoms with Crippen LogP contribution in [0.1, 0.15) is 44.1 Å². The predicted molar refractivity (Wildman–Crippen MR) is 95.2 cm³/mol. The number of nitrogens with zero attached hydrogens (tertiary/aromatic N) is 1. The Morgan fingerprint density at radius 3 is 2.79 bits per heavy atom. The van der Waals surface area contributed by atoms with Gasteiger partial charge in [-0.05, 0) is 75.7 Å². The molecule has 0 bridgehead atoms. The fourth-order valence-corrected chi connectivity index (χ4v) is 5.13. The third-order valence-electron chi connectivity index (χ3n) is 6.75. The number of piperidine rings is 1. The van der Waals surface area contributed by atoms with Gasteiger partial charge in [-0.15, -0.1) is 0 Å². The zero-order chi connectivity index (χ0) is 16.8. The molecule has 4 nitrogen and oxygen atoms in total. The Bertz CT molecular complexity index is 603. The first-order chi connectivity index (χ1) is 11.5. The number of hydrogen-bond acceptors (Lipinski definition) is 4.